The van der Waals surface area contributed by atoms with Crippen molar-refractivity contribution in [1.29, 1.82) is 0 Å². The minimum Gasteiger partial charge on any atom is -0.497 e. The van der Waals surface area contributed by atoms with Crippen LogP contribution < -0.4 is 4.74 Å². The predicted octanol–water partition coefficient (Wildman–Crippen LogP) is 6.08. The molecule has 10 nitrogen and oxygen atoms in total. The summed E-state index contributed by atoms with van der Waals surface area (Å²) in [6, 6.07) is 15.8. The number of hydrogen-bond donors (Lipinski definition) is 1. The zero-order valence-electron chi connectivity index (χ0n) is 27.7. The maximum atomic E-state index is 14.4. The number of piperazine rings is 1. The molecule has 3 amide bonds. The summed E-state index contributed by atoms with van der Waals surface area (Å²) in [4.78, 5) is 53.5. The summed E-state index contributed by atoms with van der Waals surface area (Å²) in [5.41, 5.74) is -1.59. The molecule has 16 heteroatoms. The van der Waals surface area contributed by atoms with Crippen molar-refractivity contribution in [1.82, 2.24) is 24.7 Å². The summed E-state index contributed by atoms with van der Waals surface area (Å²) < 4.78 is 91.9. The van der Waals surface area contributed by atoms with Gasteiger partial charge >= 0.3 is 18.4 Å². The number of nitrogens with zero attached hydrogens (tertiary/aromatic N) is 4. The second-order valence-electron chi connectivity index (χ2n) is 12.6. The molecular weight excluding hydrogens is 696 g/mol. The molecule has 2 aliphatic rings. The van der Waals surface area contributed by atoms with Gasteiger partial charge in [-0.2, -0.15) is 26.3 Å². The van der Waals surface area contributed by atoms with Gasteiger partial charge in [-0.1, -0.05) is 42.5 Å². The van der Waals surface area contributed by atoms with Crippen molar-refractivity contribution in [2.45, 2.75) is 50.6 Å². The standard InChI is InChI=1S/C36H33F6N5O5/c1-51-29-9-7-22(8-10-29)11-25-18-46(34(50)52-20-24-12-26(35(37,38)39)14-27(13-24)36(40,41)42)31-19-45(17-23-5-3-2-4-6-23)33(49)30(47(31)32(25)48)15-28-16-43-21-44-28/h2-10,12-14,16,21,25,30-31H,11,15,17-20H2,1H3,(H,43,44)/t25-,30-,31+/m0/s1. The number of amides is 3. The van der Waals surface area contributed by atoms with E-state index in [-0.39, 0.29) is 44.4 Å². The number of rotatable bonds is 9. The highest BCUT2D eigenvalue weighted by atomic mass is 19.4. The molecule has 0 radical (unpaired) electrons. The number of benzene rings is 3. The van der Waals surface area contributed by atoms with Gasteiger partial charge in [0.1, 0.15) is 24.6 Å². The zero-order valence-corrected chi connectivity index (χ0v) is 27.7. The van der Waals surface area contributed by atoms with Crippen molar-refractivity contribution in [2.24, 2.45) is 5.92 Å². The van der Waals surface area contributed by atoms with Crippen LogP contribution >= 0.6 is 0 Å². The van der Waals surface area contributed by atoms with E-state index in [1.807, 2.05) is 18.2 Å². The van der Waals surface area contributed by atoms with Crippen LogP contribution in [0.15, 0.2) is 85.3 Å². The number of alkyl halides is 6. The maximum Gasteiger partial charge on any atom is 0.416 e. The number of methoxy groups -OCH3 is 1. The van der Waals surface area contributed by atoms with E-state index in [9.17, 15) is 40.7 Å². The molecule has 0 bridgehead atoms. The zero-order chi connectivity index (χ0) is 37.2. The van der Waals surface area contributed by atoms with Gasteiger partial charge in [-0.25, -0.2) is 9.78 Å². The largest absolute Gasteiger partial charge is 0.497 e. The van der Waals surface area contributed by atoms with Crippen molar-refractivity contribution in [3.05, 3.63) is 119 Å². The quantitative estimate of drug-likeness (QED) is 0.210. The molecule has 0 unspecified atom stereocenters. The molecule has 3 atom stereocenters. The lowest BCUT2D eigenvalue weighted by Crippen LogP contribution is -2.73. The number of carbonyl (C=O) groups excluding carboxylic acids is 3. The third-order valence-electron chi connectivity index (χ3n) is 9.09. The Morgan fingerprint density at radius 2 is 1.52 bits per heavy atom. The van der Waals surface area contributed by atoms with Gasteiger partial charge in [0.15, 0.2) is 0 Å². The lowest BCUT2D eigenvalue weighted by molar-refractivity contribution is -0.173. The van der Waals surface area contributed by atoms with E-state index in [0.717, 1.165) is 5.56 Å². The minimum absolute atomic E-state index is 0.0105. The van der Waals surface area contributed by atoms with Crippen LogP contribution in [0.3, 0.4) is 0 Å². The first-order valence-corrected chi connectivity index (χ1v) is 16.2. The number of ether oxygens (including phenoxy) is 2. The highest BCUT2D eigenvalue weighted by Gasteiger charge is 2.52. The van der Waals surface area contributed by atoms with E-state index in [0.29, 0.717) is 29.1 Å². The minimum atomic E-state index is -5.09. The first-order valence-electron chi connectivity index (χ1n) is 16.2. The average Bonchev–Trinajstić information content (AvgIpc) is 3.63. The number of hydrogen-bond acceptors (Lipinski definition) is 6. The molecular formula is C36H33F6N5O5. The summed E-state index contributed by atoms with van der Waals surface area (Å²) in [5, 5.41) is 0. The first kappa shape index (κ1) is 36.3. The number of aromatic nitrogens is 2. The second kappa shape index (κ2) is 14.6. The predicted molar refractivity (Wildman–Crippen MR) is 172 cm³/mol. The van der Waals surface area contributed by atoms with Crippen LogP contribution in [-0.2, 0) is 52.7 Å². The Hall–Kier alpha value is -5.54. The maximum absolute atomic E-state index is 14.4. The molecule has 1 N–H and O–H groups in total. The molecule has 274 valence electrons. The molecule has 2 saturated heterocycles. The Morgan fingerprint density at radius 1 is 0.846 bits per heavy atom. The molecule has 0 spiro atoms. The van der Waals surface area contributed by atoms with Gasteiger partial charge in [0.2, 0.25) is 11.8 Å². The molecule has 3 heterocycles. The summed E-state index contributed by atoms with van der Waals surface area (Å²) in [6.07, 6.45) is -9.25. The number of fused-ring (bicyclic) bond motifs is 1. The highest BCUT2D eigenvalue weighted by Crippen LogP contribution is 2.37. The van der Waals surface area contributed by atoms with Crippen molar-refractivity contribution in [3.63, 3.8) is 0 Å². The fraction of sp³-hybridized carbons (Fsp3) is 0.333. The van der Waals surface area contributed by atoms with Gasteiger partial charge in [-0.3, -0.25) is 14.5 Å². The second-order valence-corrected chi connectivity index (χ2v) is 12.6. The number of aromatic amines is 1. The van der Waals surface area contributed by atoms with Crippen LogP contribution in [0.25, 0.3) is 0 Å². The third kappa shape index (κ3) is 8.00. The topological polar surface area (TPSA) is 108 Å². The van der Waals surface area contributed by atoms with Crippen LogP contribution in [-0.4, -0.2) is 75.0 Å². The number of carbonyl (C=O) groups is 3. The average molecular weight is 730 g/mol. The van der Waals surface area contributed by atoms with E-state index >= 15 is 0 Å². The van der Waals surface area contributed by atoms with Crippen LogP contribution in [0.4, 0.5) is 31.1 Å². The molecule has 2 fully saturated rings. The summed E-state index contributed by atoms with van der Waals surface area (Å²) >= 11 is 0. The molecule has 0 aliphatic carbocycles. The number of nitrogens with one attached hydrogen (secondary N) is 1. The summed E-state index contributed by atoms with van der Waals surface area (Å²) in [6.45, 7) is -1.12. The van der Waals surface area contributed by atoms with E-state index in [2.05, 4.69) is 9.97 Å². The van der Waals surface area contributed by atoms with Crippen molar-refractivity contribution in [3.8, 4) is 5.75 Å². The monoisotopic (exact) mass is 729 g/mol. The van der Waals surface area contributed by atoms with Crippen molar-refractivity contribution < 1.29 is 50.2 Å². The Labute approximate surface area is 293 Å². The van der Waals surface area contributed by atoms with Gasteiger partial charge in [-0.15, -0.1) is 0 Å². The normalized spacial score (nSPS) is 19.4. The van der Waals surface area contributed by atoms with Gasteiger partial charge in [0, 0.05) is 31.4 Å². The molecule has 3 aromatic carbocycles. The van der Waals surface area contributed by atoms with Crippen LogP contribution in [0.1, 0.15) is 33.5 Å². The van der Waals surface area contributed by atoms with Crippen LogP contribution in [0, 0.1) is 5.92 Å². The van der Waals surface area contributed by atoms with E-state index < -0.39 is 65.8 Å². The lowest BCUT2D eigenvalue weighted by atomic mass is 9.91. The highest BCUT2D eigenvalue weighted by molar-refractivity contribution is 5.92. The Balaban J connectivity index is 1.35. The first-order chi connectivity index (χ1) is 24.7. The number of imidazole rings is 1. The van der Waals surface area contributed by atoms with E-state index in [1.54, 1.807) is 36.4 Å². The van der Waals surface area contributed by atoms with Gasteiger partial charge < -0.3 is 24.3 Å². The molecule has 52 heavy (non-hydrogen) atoms. The fourth-order valence-corrected chi connectivity index (χ4v) is 6.57. The Morgan fingerprint density at radius 3 is 2.12 bits per heavy atom. The smallest absolute Gasteiger partial charge is 0.416 e. The van der Waals surface area contributed by atoms with Crippen molar-refractivity contribution >= 4 is 17.9 Å². The molecule has 4 aromatic rings. The van der Waals surface area contributed by atoms with E-state index in [4.69, 9.17) is 9.47 Å². The van der Waals surface area contributed by atoms with Gasteiger partial charge in [-0.05, 0) is 53.4 Å². The molecule has 0 saturated carbocycles. The fourth-order valence-electron chi connectivity index (χ4n) is 6.57. The molecule has 2 aliphatic heterocycles. The van der Waals surface area contributed by atoms with Gasteiger partial charge in [0.05, 0.1) is 37.0 Å². The third-order valence-corrected chi connectivity index (χ3v) is 9.09. The lowest BCUT2D eigenvalue weighted by Gasteiger charge is -2.53. The summed E-state index contributed by atoms with van der Waals surface area (Å²) in [5.74, 6) is -1.10. The Kier molecular flexibility index (Phi) is 10.2. The van der Waals surface area contributed by atoms with Crippen LogP contribution in [0.2, 0.25) is 0 Å². The summed E-state index contributed by atoms with van der Waals surface area (Å²) in [7, 11) is 1.50. The number of H-pyrrole nitrogens is 1. The molecule has 6 rings (SSSR count). The van der Waals surface area contributed by atoms with E-state index in [1.165, 1.54) is 34.3 Å². The van der Waals surface area contributed by atoms with Crippen LogP contribution in [0.5, 0.6) is 5.75 Å². The molecule has 1 aromatic heterocycles. The van der Waals surface area contributed by atoms with Crippen molar-refractivity contribution in [2.75, 3.05) is 20.2 Å². The van der Waals surface area contributed by atoms with Gasteiger partial charge in [0.25, 0.3) is 0 Å². The Bertz CT molecular complexity index is 1850. The number of halogens is 6. The SMILES string of the molecule is COc1ccc(C[C@H]2CN(C(=O)OCc3cc(C(F)(F)F)cc(C(F)(F)F)c3)[C@H]3CN(Cc4ccccc4)C(=O)[C@H](Cc4cnc[nH]4)N3C2=O)cc1.